The van der Waals surface area contributed by atoms with E-state index in [4.69, 9.17) is 10.2 Å². The van der Waals surface area contributed by atoms with Crippen molar-refractivity contribution in [3.63, 3.8) is 0 Å². The molecule has 0 atom stereocenters. The summed E-state index contributed by atoms with van der Waals surface area (Å²) in [6.07, 6.45) is 0. The number of carbonyl (C=O) groups is 1. The van der Waals surface area contributed by atoms with Gasteiger partial charge in [0.05, 0.1) is 18.7 Å². The van der Waals surface area contributed by atoms with Crippen LogP contribution in [0.25, 0.3) is 0 Å². The SMILES string of the molecule is CC(C)(C)c1ccc(CN(C(=O)c2cc(Br)ccc2N)c2cccc(CO[Si](C)(C)C(C)(C)C)c2)cc1. The molecule has 0 aliphatic carbocycles. The van der Waals surface area contributed by atoms with Crippen molar-refractivity contribution < 1.29 is 9.22 Å². The van der Waals surface area contributed by atoms with Crippen LogP contribution in [0.2, 0.25) is 18.1 Å². The number of rotatable bonds is 7. The first-order chi connectivity index (χ1) is 17.1. The van der Waals surface area contributed by atoms with E-state index in [1.807, 2.05) is 18.2 Å². The smallest absolute Gasteiger partial charge is 0.260 e. The highest BCUT2D eigenvalue weighted by Crippen LogP contribution is 2.37. The number of nitrogen functional groups attached to an aromatic ring is 1. The van der Waals surface area contributed by atoms with Crippen molar-refractivity contribution in [2.45, 2.75) is 78.2 Å². The molecule has 0 heterocycles. The van der Waals surface area contributed by atoms with Gasteiger partial charge in [0.1, 0.15) is 0 Å². The first-order valence-corrected chi connectivity index (χ1v) is 16.5. The van der Waals surface area contributed by atoms with Crippen molar-refractivity contribution >= 4 is 41.5 Å². The zero-order chi connectivity index (χ0) is 27.6. The van der Waals surface area contributed by atoms with Crippen molar-refractivity contribution in [2.75, 3.05) is 10.6 Å². The minimum atomic E-state index is -1.90. The molecular weight excluding hydrogens is 540 g/mol. The van der Waals surface area contributed by atoms with E-state index in [-0.39, 0.29) is 16.4 Å². The van der Waals surface area contributed by atoms with E-state index in [2.05, 4.69) is 107 Å². The quantitative estimate of drug-likeness (QED) is 0.224. The fourth-order valence-corrected chi connectivity index (χ4v) is 5.05. The molecule has 0 unspecified atom stereocenters. The molecule has 3 aromatic rings. The highest BCUT2D eigenvalue weighted by Gasteiger charge is 2.37. The molecule has 0 aliphatic rings. The third-order valence-corrected chi connectivity index (χ3v) is 12.3. The molecule has 1 amide bonds. The molecule has 4 nitrogen and oxygen atoms in total. The van der Waals surface area contributed by atoms with Gasteiger partial charge in [-0.15, -0.1) is 0 Å². The molecule has 37 heavy (non-hydrogen) atoms. The lowest BCUT2D eigenvalue weighted by Crippen LogP contribution is -2.40. The minimum absolute atomic E-state index is 0.0667. The maximum absolute atomic E-state index is 13.9. The Morgan fingerprint density at radius 3 is 2.16 bits per heavy atom. The van der Waals surface area contributed by atoms with E-state index in [0.29, 0.717) is 24.4 Å². The number of nitrogens with zero attached hydrogens (tertiary/aromatic N) is 1. The van der Waals surface area contributed by atoms with Crippen LogP contribution < -0.4 is 10.6 Å². The Bertz CT molecular complexity index is 1240. The third kappa shape index (κ3) is 7.34. The fraction of sp³-hybridized carbons (Fsp3) is 0.387. The molecule has 0 aliphatic heterocycles. The molecule has 198 valence electrons. The molecule has 0 fully saturated rings. The van der Waals surface area contributed by atoms with Crippen LogP contribution in [-0.4, -0.2) is 14.2 Å². The number of carbonyl (C=O) groups excluding carboxylic acids is 1. The summed E-state index contributed by atoms with van der Waals surface area (Å²) in [5, 5.41) is 0.129. The zero-order valence-corrected chi connectivity index (χ0v) is 26.1. The summed E-state index contributed by atoms with van der Waals surface area (Å²) in [6.45, 7) is 18.8. The van der Waals surface area contributed by atoms with Crippen molar-refractivity contribution in [3.05, 3.63) is 93.5 Å². The van der Waals surface area contributed by atoms with E-state index in [9.17, 15) is 4.79 Å². The van der Waals surface area contributed by atoms with Gasteiger partial charge < -0.3 is 15.1 Å². The van der Waals surface area contributed by atoms with Gasteiger partial charge in [-0.25, -0.2) is 0 Å². The minimum Gasteiger partial charge on any atom is -0.413 e. The van der Waals surface area contributed by atoms with Gasteiger partial charge >= 0.3 is 0 Å². The number of benzene rings is 3. The number of anilines is 2. The molecule has 6 heteroatoms. The van der Waals surface area contributed by atoms with E-state index in [1.54, 1.807) is 17.0 Å². The van der Waals surface area contributed by atoms with Crippen LogP contribution in [0.4, 0.5) is 11.4 Å². The average Bonchev–Trinajstić information content (AvgIpc) is 2.81. The predicted molar refractivity (Wildman–Crippen MR) is 163 cm³/mol. The van der Waals surface area contributed by atoms with Gasteiger partial charge in [0.15, 0.2) is 8.32 Å². The number of amides is 1. The van der Waals surface area contributed by atoms with Gasteiger partial charge in [-0.3, -0.25) is 4.79 Å². The van der Waals surface area contributed by atoms with E-state index in [1.165, 1.54) is 5.56 Å². The number of nitrogens with two attached hydrogens (primary N) is 1. The van der Waals surface area contributed by atoms with Crippen molar-refractivity contribution in [2.24, 2.45) is 0 Å². The van der Waals surface area contributed by atoms with E-state index >= 15 is 0 Å². The van der Waals surface area contributed by atoms with E-state index in [0.717, 1.165) is 21.3 Å². The summed E-state index contributed by atoms with van der Waals surface area (Å²) < 4.78 is 7.28. The molecule has 0 saturated carbocycles. The van der Waals surface area contributed by atoms with Gasteiger partial charge in [0.2, 0.25) is 0 Å². The summed E-state index contributed by atoms with van der Waals surface area (Å²) in [4.78, 5) is 15.7. The second-order valence-corrected chi connectivity index (χ2v) is 18.0. The maximum atomic E-state index is 13.9. The lowest BCUT2D eigenvalue weighted by molar-refractivity contribution is 0.0986. The van der Waals surface area contributed by atoms with Gasteiger partial charge in [-0.1, -0.05) is 93.9 Å². The summed E-state index contributed by atoms with van der Waals surface area (Å²) in [5.41, 5.74) is 11.4. The second-order valence-electron chi connectivity index (χ2n) is 12.3. The molecule has 3 rings (SSSR count). The first-order valence-electron chi connectivity index (χ1n) is 12.8. The number of hydrogen-bond donors (Lipinski definition) is 1. The highest BCUT2D eigenvalue weighted by molar-refractivity contribution is 9.10. The summed E-state index contributed by atoms with van der Waals surface area (Å²) in [5.74, 6) is -0.138. The molecule has 3 aromatic carbocycles. The molecule has 0 spiro atoms. The first kappa shape index (κ1) is 29.1. The van der Waals surface area contributed by atoms with Crippen LogP contribution in [0.1, 0.15) is 68.6 Å². The lowest BCUT2D eigenvalue weighted by atomic mass is 9.87. The Kier molecular flexibility index (Phi) is 8.77. The number of hydrogen-bond acceptors (Lipinski definition) is 3. The average molecular weight is 582 g/mol. The van der Waals surface area contributed by atoms with Gasteiger partial charge in [0, 0.05) is 15.8 Å². The summed E-state index contributed by atoms with van der Waals surface area (Å²) in [7, 11) is -1.90. The molecule has 0 saturated heterocycles. The zero-order valence-electron chi connectivity index (χ0n) is 23.5. The van der Waals surface area contributed by atoms with Crippen LogP contribution in [-0.2, 0) is 23.0 Å². The predicted octanol–water partition coefficient (Wildman–Crippen LogP) is 8.70. The van der Waals surface area contributed by atoms with Crippen LogP contribution >= 0.6 is 15.9 Å². The van der Waals surface area contributed by atoms with Crippen LogP contribution in [0.5, 0.6) is 0 Å². The van der Waals surface area contributed by atoms with Gasteiger partial charge in [-0.05, 0) is 70.6 Å². The van der Waals surface area contributed by atoms with Gasteiger partial charge in [0.25, 0.3) is 5.91 Å². The third-order valence-electron chi connectivity index (χ3n) is 7.28. The Morgan fingerprint density at radius 2 is 1.57 bits per heavy atom. The summed E-state index contributed by atoms with van der Waals surface area (Å²) in [6, 6.07) is 22.0. The summed E-state index contributed by atoms with van der Waals surface area (Å²) >= 11 is 3.49. The fourth-order valence-electron chi connectivity index (χ4n) is 3.73. The highest BCUT2D eigenvalue weighted by atomic mass is 79.9. The largest absolute Gasteiger partial charge is 0.413 e. The number of halogens is 1. The second kappa shape index (κ2) is 11.1. The molecule has 0 aromatic heterocycles. The Labute approximate surface area is 232 Å². The molecule has 2 N–H and O–H groups in total. The normalized spacial score (nSPS) is 12.5. The molecule has 0 radical (unpaired) electrons. The standard InChI is InChI=1S/C31H41BrN2O2Si/c1-30(2,3)24-14-12-22(13-15-24)20-34(29(35)27-19-25(32)16-17-28(27)33)26-11-9-10-23(18-26)21-36-37(7,8)31(4,5)6/h9-19H,20-21,33H2,1-8H3. The van der Waals surface area contributed by atoms with E-state index < -0.39 is 8.32 Å². The topological polar surface area (TPSA) is 55.6 Å². The maximum Gasteiger partial charge on any atom is 0.260 e. The lowest BCUT2D eigenvalue weighted by Gasteiger charge is -2.36. The van der Waals surface area contributed by atoms with Crippen LogP contribution in [0.3, 0.4) is 0 Å². The Morgan fingerprint density at radius 1 is 0.919 bits per heavy atom. The Balaban J connectivity index is 1.97. The van der Waals surface area contributed by atoms with Crippen LogP contribution in [0, 0.1) is 0 Å². The molecular formula is C31H41BrN2O2Si. The van der Waals surface area contributed by atoms with Crippen molar-refractivity contribution in [3.8, 4) is 0 Å². The van der Waals surface area contributed by atoms with Gasteiger partial charge in [-0.2, -0.15) is 0 Å². The monoisotopic (exact) mass is 580 g/mol. The molecule has 0 bridgehead atoms. The Hall–Kier alpha value is -2.41. The van der Waals surface area contributed by atoms with Crippen LogP contribution in [0.15, 0.2) is 71.2 Å². The van der Waals surface area contributed by atoms with Crippen molar-refractivity contribution in [1.82, 2.24) is 0 Å². The van der Waals surface area contributed by atoms with Crippen molar-refractivity contribution in [1.29, 1.82) is 0 Å².